The summed E-state index contributed by atoms with van der Waals surface area (Å²) in [5.41, 5.74) is 2.69. The Labute approximate surface area is 183 Å². The molecule has 1 N–H and O–H groups in total. The summed E-state index contributed by atoms with van der Waals surface area (Å²) >= 11 is 0. The number of furan rings is 1. The van der Waals surface area contributed by atoms with E-state index >= 15 is 0 Å². The third kappa shape index (κ3) is 3.30. The molecule has 1 aliphatic carbocycles. The summed E-state index contributed by atoms with van der Waals surface area (Å²) in [7, 11) is 0. The van der Waals surface area contributed by atoms with Gasteiger partial charge in [0.2, 0.25) is 0 Å². The Bertz CT molecular complexity index is 1250. The molecule has 1 aromatic heterocycles. The third-order valence-electron chi connectivity index (χ3n) is 6.34. The van der Waals surface area contributed by atoms with Gasteiger partial charge in [-0.15, -0.1) is 0 Å². The molecule has 7 nitrogen and oxygen atoms in total. The number of carbonyl (C=O) groups is 4. The maximum absolute atomic E-state index is 12.9. The quantitative estimate of drug-likeness (QED) is 0.469. The summed E-state index contributed by atoms with van der Waals surface area (Å²) in [6, 6.07) is 11.6. The van der Waals surface area contributed by atoms with Crippen LogP contribution in [0.25, 0.3) is 11.0 Å². The number of rotatable bonds is 6. The molecule has 1 atom stereocenters. The molecular formula is C25H21NO6. The third-order valence-corrected chi connectivity index (χ3v) is 6.34. The first kappa shape index (κ1) is 20.2. The molecule has 0 fully saturated rings. The monoisotopic (exact) mass is 431 g/mol. The van der Waals surface area contributed by atoms with E-state index in [1.807, 2.05) is 6.07 Å². The van der Waals surface area contributed by atoms with Gasteiger partial charge in [0.25, 0.3) is 11.8 Å². The number of Topliss-reactive ketones (excluding diaryl/α,β-unsaturated/α-hetero) is 1. The lowest BCUT2D eigenvalue weighted by molar-refractivity contribution is -0.141. The van der Waals surface area contributed by atoms with Crippen molar-refractivity contribution in [1.29, 1.82) is 0 Å². The molecule has 1 aliphatic heterocycles. The van der Waals surface area contributed by atoms with Crippen LogP contribution in [0.5, 0.6) is 0 Å². The molecule has 2 heterocycles. The van der Waals surface area contributed by atoms with Gasteiger partial charge in [0.05, 0.1) is 17.0 Å². The number of carboxylic acid groups (broad SMARTS) is 1. The Morgan fingerprint density at radius 3 is 2.38 bits per heavy atom. The van der Waals surface area contributed by atoms with Gasteiger partial charge in [-0.1, -0.05) is 24.3 Å². The van der Waals surface area contributed by atoms with Crippen molar-refractivity contribution in [3.05, 3.63) is 70.5 Å². The number of ketones is 1. The fourth-order valence-corrected chi connectivity index (χ4v) is 4.63. The van der Waals surface area contributed by atoms with E-state index in [1.165, 1.54) is 17.7 Å². The van der Waals surface area contributed by atoms with E-state index in [4.69, 9.17) is 4.42 Å². The highest BCUT2D eigenvalue weighted by atomic mass is 16.4. The van der Waals surface area contributed by atoms with Crippen molar-refractivity contribution in [3.8, 4) is 0 Å². The normalized spacial score (nSPS) is 16.2. The van der Waals surface area contributed by atoms with E-state index in [1.54, 1.807) is 24.3 Å². The average molecular weight is 431 g/mol. The number of hydrogen-bond donors (Lipinski definition) is 1. The van der Waals surface area contributed by atoms with Crippen LogP contribution < -0.4 is 0 Å². The first-order valence-corrected chi connectivity index (χ1v) is 10.7. The van der Waals surface area contributed by atoms with Crippen LogP contribution >= 0.6 is 0 Å². The predicted molar refractivity (Wildman–Crippen MR) is 115 cm³/mol. The Balaban J connectivity index is 1.36. The first-order valence-electron chi connectivity index (χ1n) is 10.7. The summed E-state index contributed by atoms with van der Waals surface area (Å²) in [6.45, 7) is -0.356. The van der Waals surface area contributed by atoms with Crippen LogP contribution in [0.15, 0.2) is 46.9 Å². The molecule has 2 aromatic carbocycles. The fraction of sp³-hybridized carbons (Fsp3) is 0.280. The number of aryl methyl sites for hydroxylation is 2. The minimum Gasteiger partial charge on any atom is -0.481 e. The molecule has 0 spiro atoms. The molecule has 5 rings (SSSR count). The summed E-state index contributed by atoms with van der Waals surface area (Å²) in [4.78, 5) is 50.8. The second-order valence-electron chi connectivity index (χ2n) is 8.35. The molecule has 2 aliphatic rings. The number of fused-ring (bicyclic) bond motifs is 4. The van der Waals surface area contributed by atoms with Crippen LogP contribution in [0.1, 0.15) is 61.7 Å². The minimum absolute atomic E-state index is 0.250. The molecule has 0 saturated heterocycles. The molecule has 7 heteroatoms. The predicted octanol–water partition coefficient (Wildman–Crippen LogP) is 3.88. The zero-order valence-electron chi connectivity index (χ0n) is 17.3. The van der Waals surface area contributed by atoms with Gasteiger partial charge < -0.3 is 9.52 Å². The topological polar surface area (TPSA) is 105 Å². The van der Waals surface area contributed by atoms with Crippen molar-refractivity contribution in [3.63, 3.8) is 0 Å². The van der Waals surface area contributed by atoms with Crippen LogP contribution in [-0.2, 0) is 17.6 Å². The van der Waals surface area contributed by atoms with E-state index in [0.717, 1.165) is 41.7 Å². The second-order valence-corrected chi connectivity index (χ2v) is 8.35. The van der Waals surface area contributed by atoms with Gasteiger partial charge in [0.1, 0.15) is 11.3 Å². The first-order chi connectivity index (χ1) is 15.4. The zero-order chi connectivity index (χ0) is 22.4. The highest BCUT2D eigenvalue weighted by Crippen LogP contribution is 2.33. The standard InChI is InChI=1S/C25H21NO6/c27-20(14-9-10-17-16-5-3-4-8-21(16)32-22(17)12-14)11-15(25(30)31)13-26-23(28)18-6-1-2-7-19(18)24(26)29/h1-2,6-7,9-10,12,15H,3-5,8,11,13H2,(H,30,31)/t15-/m0/s1. The second kappa shape index (κ2) is 7.75. The zero-order valence-corrected chi connectivity index (χ0v) is 17.3. The summed E-state index contributed by atoms with van der Waals surface area (Å²) in [5, 5.41) is 10.7. The molecule has 0 saturated carbocycles. The lowest BCUT2D eigenvalue weighted by Crippen LogP contribution is -2.38. The number of amides is 2. The van der Waals surface area contributed by atoms with Gasteiger partial charge in [-0.05, 0) is 37.5 Å². The van der Waals surface area contributed by atoms with Gasteiger partial charge >= 0.3 is 5.97 Å². The van der Waals surface area contributed by atoms with Crippen LogP contribution in [0, 0.1) is 5.92 Å². The Hall–Kier alpha value is -3.74. The number of aliphatic carboxylic acids is 1. The molecule has 32 heavy (non-hydrogen) atoms. The van der Waals surface area contributed by atoms with Crippen LogP contribution in [0.4, 0.5) is 0 Å². The van der Waals surface area contributed by atoms with Gasteiger partial charge in [-0.25, -0.2) is 0 Å². The van der Waals surface area contributed by atoms with E-state index < -0.39 is 23.7 Å². The van der Waals surface area contributed by atoms with Crippen molar-refractivity contribution in [2.75, 3.05) is 6.54 Å². The summed E-state index contributed by atoms with van der Waals surface area (Å²) < 4.78 is 5.94. The van der Waals surface area contributed by atoms with Crippen molar-refractivity contribution in [1.82, 2.24) is 4.90 Å². The van der Waals surface area contributed by atoms with Crippen LogP contribution in [0.3, 0.4) is 0 Å². The molecule has 162 valence electrons. The number of hydrogen-bond acceptors (Lipinski definition) is 5. The van der Waals surface area contributed by atoms with E-state index in [0.29, 0.717) is 11.1 Å². The van der Waals surface area contributed by atoms with Gasteiger partial charge in [0, 0.05) is 35.9 Å². The largest absolute Gasteiger partial charge is 0.481 e. The summed E-state index contributed by atoms with van der Waals surface area (Å²) in [5.74, 6) is -2.91. The molecular weight excluding hydrogens is 410 g/mol. The van der Waals surface area contributed by atoms with Crippen molar-refractivity contribution < 1.29 is 28.7 Å². The van der Waals surface area contributed by atoms with Gasteiger partial charge in [0.15, 0.2) is 5.78 Å². The molecule has 0 radical (unpaired) electrons. The number of benzene rings is 2. The molecule has 2 amide bonds. The van der Waals surface area contributed by atoms with Crippen molar-refractivity contribution >= 4 is 34.5 Å². The SMILES string of the molecule is O=C(C[C@@H](CN1C(=O)c2ccccc2C1=O)C(=O)O)c1ccc2c3c(oc2c1)CCCC3. The maximum Gasteiger partial charge on any atom is 0.308 e. The number of imide groups is 1. The lowest BCUT2D eigenvalue weighted by Gasteiger charge is -2.19. The number of carboxylic acids is 1. The lowest BCUT2D eigenvalue weighted by atomic mass is 9.94. The van der Waals surface area contributed by atoms with E-state index in [-0.39, 0.29) is 29.9 Å². The highest BCUT2D eigenvalue weighted by Gasteiger charge is 2.38. The van der Waals surface area contributed by atoms with Crippen molar-refractivity contribution in [2.24, 2.45) is 5.92 Å². The fourth-order valence-electron chi connectivity index (χ4n) is 4.63. The number of carbonyl (C=O) groups excluding carboxylic acids is 3. The molecule has 3 aromatic rings. The van der Waals surface area contributed by atoms with Crippen LogP contribution in [0.2, 0.25) is 0 Å². The Morgan fingerprint density at radius 1 is 1.00 bits per heavy atom. The van der Waals surface area contributed by atoms with E-state index in [2.05, 4.69) is 0 Å². The summed E-state index contributed by atoms with van der Waals surface area (Å²) in [6.07, 6.45) is 3.71. The van der Waals surface area contributed by atoms with Crippen molar-refractivity contribution in [2.45, 2.75) is 32.1 Å². The van der Waals surface area contributed by atoms with E-state index in [9.17, 15) is 24.3 Å². The molecule has 0 unspecified atom stereocenters. The Morgan fingerprint density at radius 2 is 1.69 bits per heavy atom. The minimum atomic E-state index is -1.23. The average Bonchev–Trinajstić information content (AvgIpc) is 3.28. The van der Waals surface area contributed by atoms with Crippen LogP contribution in [-0.4, -0.2) is 40.1 Å². The highest BCUT2D eigenvalue weighted by molar-refractivity contribution is 6.21. The number of nitrogens with zero attached hydrogens (tertiary/aromatic N) is 1. The molecule has 0 bridgehead atoms. The van der Waals surface area contributed by atoms with Gasteiger partial charge in [-0.2, -0.15) is 0 Å². The smallest absolute Gasteiger partial charge is 0.308 e. The Kier molecular flexibility index (Phi) is 4.89. The van der Waals surface area contributed by atoms with Gasteiger partial charge in [-0.3, -0.25) is 24.1 Å². The maximum atomic E-state index is 12.9.